The first kappa shape index (κ1) is 20.5. The molecule has 0 unspecified atom stereocenters. The fraction of sp³-hybridized carbons (Fsp3) is 0.200. The van der Waals surface area contributed by atoms with Crippen molar-refractivity contribution >= 4 is 16.9 Å². The molecule has 4 aromatic rings. The van der Waals surface area contributed by atoms with Gasteiger partial charge in [-0.2, -0.15) is 0 Å². The van der Waals surface area contributed by atoms with Gasteiger partial charge in [0.1, 0.15) is 12.2 Å². The number of hydrogen-bond donors (Lipinski definition) is 0. The van der Waals surface area contributed by atoms with E-state index in [0.29, 0.717) is 16.7 Å². The molecule has 31 heavy (non-hydrogen) atoms. The van der Waals surface area contributed by atoms with Gasteiger partial charge in [-0.1, -0.05) is 43.3 Å². The Morgan fingerprint density at radius 1 is 1.03 bits per heavy atom. The molecule has 6 heteroatoms. The van der Waals surface area contributed by atoms with Gasteiger partial charge in [0.25, 0.3) is 0 Å². The van der Waals surface area contributed by atoms with Gasteiger partial charge in [-0.3, -0.25) is 4.79 Å². The Bertz CT molecular complexity index is 1240. The summed E-state index contributed by atoms with van der Waals surface area (Å²) >= 11 is 0. The SMILES string of the molecule is CCc1ccc2oc(-c3ccco3)c(O[C@@H](C)C(=O)OCc3ccccc3)c(=O)c2c1. The number of carbonyl (C=O) groups excluding carboxylic acids is 1. The highest BCUT2D eigenvalue weighted by molar-refractivity contribution is 5.82. The van der Waals surface area contributed by atoms with E-state index in [1.165, 1.54) is 13.2 Å². The Morgan fingerprint density at radius 3 is 2.55 bits per heavy atom. The zero-order valence-electron chi connectivity index (χ0n) is 17.3. The van der Waals surface area contributed by atoms with Gasteiger partial charge in [-0.15, -0.1) is 0 Å². The lowest BCUT2D eigenvalue weighted by Gasteiger charge is -2.16. The van der Waals surface area contributed by atoms with Crippen LogP contribution in [-0.4, -0.2) is 12.1 Å². The van der Waals surface area contributed by atoms with Gasteiger partial charge in [0.2, 0.25) is 16.9 Å². The number of rotatable bonds is 7. The number of benzene rings is 2. The van der Waals surface area contributed by atoms with Crippen LogP contribution >= 0.6 is 0 Å². The van der Waals surface area contributed by atoms with E-state index >= 15 is 0 Å². The summed E-state index contributed by atoms with van der Waals surface area (Å²) < 4.78 is 22.5. The monoisotopic (exact) mass is 418 g/mol. The minimum atomic E-state index is -1.02. The van der Waals surface area contributed by atoms with E-state index in [2.05, 4.69) is 0 Å². The van der Waals surface area contributed by atoms with Crippen LogP contribution in [0.5, 0.6) is 5.75 Å². The van der Waals surface area contributed by atoms with Crippen LogP contribution in [-0.2, 0) is 22.6 Å². The third kappa shape index (κ3) is 4.38. The number of hydrogen-bond acceptors (Lipinski definition) is 6. The van der Waals surface area contributed by atoms with Crippen LogP contribution in [0.25, 0.3) is 22.5 Å². The molecule has 0 spiro atoms. The molecule has 0 saturated carbocycles. The van der Waals surface area contributed by atoms with Crippen molar-refractivity contribution in [3.63, 3.8) is 0 Å². The number of fused-ring (bicyclic) bond motifs is 1. The largest absolute Gasteiger partial charge is 0.471 e. The first-order chi connectivity index (χ1) is 15.1. The quantitative estimate of drug-likeness (QED) is 0.387. The molecule has 0 aliphatic rings. The highest BCUT2D eigenvalue weighted by Crippen LogP contribution is 2.32. The molecule has 0 fully saturated rings. The maximum Gasteiger partial charge on any atom is 0.347 e. The number of furan rings is 1. The Balaban J connectivity index is 1.66. The van der Waals surface area contributed by atoms with E-state index < -0.39 is 12.1 Å². The average Bonchev–Trinajstić information content (AvgIpc) is 3.34. The molecule has 1 atom stereocenters. The Hall–Kier alpha value is -3.80. The first-order valence-corrected chi connectivity index (χ1v) is 10.1. The van der Waals surface area contributed by atoms with Gasteiger partial charge in [-0.25, -0.2) is 4.79 Å². The zero-order chi connectivity index (χ0) is 21.8. The van der Waals surface area contributed by atoms with Crippen LogP contribution in [0.4, 0.5) is 0 Å². The van der Waals surface area contributed by atoms with Crippen molar-refractivity contribution in [1.82, 2.24) is 0 Å². The summed E-state index contributed by atoms with van der Waals surface area (Å²) in [5.74, 6) is -0.205. The van der Waals surface area contributed by atoms with Gasteiger partial charge in [0.15, 0.2) is 11.9 Å². The van der Waals surface area contributed by atoms with Crippen LogP contribution in [0.2, 0.25) is 0 Å². The second kappa shape index (κ2) is 8.92. The molecule has 4 rings (SSSR count). The van der Waals surface area contributed by atoms with Gasteiger partial charge >= 0.3 is 5.97 Å². The molecule has 2 aromatic carbocycles. The second-order valence-corrected chi connectivity index (χ2v) is 7.10. The van der Waals surface area contributed by atoms with E-state index in [1.54, 1.807) is 24.3 Å². The normalized spacial score (nSPS) is 11.9. The molecule has 2 aromatic heterocycles. The summed E-state index contributed by atoms with van der Waals surface area (Å²) in [6, 6.07) is 18.1. The van der Waals surface area contributed by atoms with Crippen LogP contribution < -0.4 is 10.2 Å². The Morgan fingerprint density at radius 2 is 1.84 bits per heavy atom. The molecular formula is C25H22O6. The minimum Gasteiger partial charge on any atom is -0.471 e. The highest BCUT2D eigenvalue weighted by atomic mass is 16.6. The molecule has 158 valence electrons. The maximum atomic E-state index is 13.3. The molecular weight excluding hydrogens is 396 g/mol. The first-order valence-electron chi connectivity index (χ1n) is 10.1. The number of esters is 1. The molecule has 0 aliphatic carbocycles. The van der Waals surface area contributed by atoms with Crippen molar-refractivity contribution in [2.24, 2.45) is 0 Å². The van der Waals surface area contributed by atoms with Crippen molar-refractivity contribution in [3.05, 3.63) is 88.3 Å². The van der Waals surface area contributed by atoms with E-state index in [1.807, 2.05) is 43.3 Å². The van der Waals surface area contributed by atoms with Crippen molar-refractivity contribution in [2.45, 2.75) is 33.0 Å². The lowest BCUT2D eigenvalue weighted by atomic mass is 10.1. The smallest absolute Gasteiger partial charge is 0.347 e. The van der Waals surface area contributed by atoms with E-state index in [4.69, 9.17) is 18.3 Å². The average molecular weight is 418 g/mol. The summed E-state index contributed by atoms with van der Waals surface area (Å²) in [5, 5.41) is 0.384. The fourth-order valence-electron chi connectivity index (χ4n) is 3.19. The molecule has 0 amide bonds. The van der Waals surface area contributed by atoms with Gasteiger partial charge in [0, 0.05) is 0 Å². The highest BCUT2D eigenvalue weighted by Gasteiger charge is 2.25. The fourth-order valence-corrected chi connectivity index (χ4v) is 3.19. The van der Waals surface area contributed by atoms with Gasteiger partial charge < -0.3 is 18.3 Å². The molecule has 0 bridgehead atoms. The number of carbonyl (C=O) groups is 1. The van der Waals surface area contributed by atoms with Crippen LogP contribution in [0.15, 0.2) is 80.6 Å². The van der Waals surface area contributed by atoms with Crippen molar-refractivity contribution in [1.29, 1.82) is 0 Å². The lowest BCUT2D eigenvalue weighted by Crippen LogP contribution is -2.28. The van der Waals surface area contributed by atoms with Crippen molar-refractivity contribution < 1.29 is 23.1 Å². The lowest BCUT2D eigenvalue weighted by molar-refractivity contribution is -0.152. The molecule has 0 saturated heterocycles. The Kier molecular flexibility index (Phi) is 5.89. The summed E-state index contributed by atoms with van der Waals surface area (Å²) in [5.41, 5.74) is 1.90. The minimum absolute atomic E-state index is 0.0835. The second-order valence-electron chi connectivity index (χ2n) is 7.10. The van der Waals surface area contributed by atoms with Crippen LogP contribution in [0.1, 0.15) is 25.0 Å². The zero-order valence-corrected chi connectivity index (χ0v) is 17.3. The number of ether oxygens (including phenoxy) is 2. The Labute approximate surface area is 179 Å². The third-order valence-corrected chi connectivity index (χ3v) is 4.92. The van der Waals surface area contributed by atoms with E-state index in [0.717, 1.165) is 17.5 Å². The van der Waals surface area contributed by atoms with E-state index in [9.17, 15) is 9.59 Å². The van der Waals surface area contributed by atoms with Crippen molar-refractivity contribution in [2.75, 3.05) is 0 Å². The van der Waals surface area contributed by atoms with E-state index in [-0.39, 0.29) is 23.5 Å². The van der Waals surface area contributed by atoms with Gasteiger partial charge in [-0.05, 0) is 48.7 Å². The number of aryl methyl sites for hydroxylation is 1. The topological polar surface area (TPSA) is 78.9 Å². The summed E-state index contributed by atoms with van der Waals surface area (Å²) in [6.07, 6.45) is 1.22. The van der Waals surface area contributed by atoms with Crippen LogP contribution in [0.3, 0.4) is 0 Å². The molecule has 0 N–H and O–H groups in total. The summed E-state index contributed by atoms with van der Waals surface area (Å²) in [4.78, 5) is 25.8. The van der Waals surface area contributed by atoms with Gasteiger partial charge in [0.05, 0.1) is 11.6 Å². The van der Waals surface area contributed by atoms with Crippen molar-refractivity contribution in [3.8, 4) is 17.3 Å². The molecule has 6 nitrogen and oxygen atoms in total. The molecule has 2 heterocycles. The summed E-state index contributed by atoms with van der Waals surface area (Å²) in [6.45, 7) is 3.65. The predicted molar refractivity (Wildman–Crippen MR) is 116 cm³/mol. The molecule has 0 aliphatic heterocycles. The third-order valence-electron chi connectivity index (χ3n) is 4.92. The van der Waals surface area contributed by atoms with Crippen LogP contribution in [0, 0.1) is 0 Å². The standard InChI is InChI=1S/C25H22O6/c1-3-17-11-12-20-19(14-17)22(26)24(23(31-20)21-10-7-13-28-21)30-16(2)25(27)29-15-18-8-5-4-6-9-18/h4-14,16H,3,15H2,1-2H3/t16-/m0/s1. The maximum absolute atomic E-state index is 13.3. The summed E-state index contributed by atoms with van der Waals surface area (Å²) in [7, 11) is 0. The predicted octanol–water partition coefficient (Wildman–Crippen LogP) is 5.13. The molecule has 0 radical (unpaired) electrons.